The van der Waals surface area contributed by atoms with Crippen molar-refractivity contribution in [3.05, 3.63) is 36.4 Å². The number of benzene rings is 1. The second kappa shape index (κ2) is 6.99. The molecular formula is C18H27N3. The molecule has 21 heavy (non-hydrogen) atoms. The number of rotatable bonds is 4. The van der Waals surface area contributed by atoms with Crippen molar-refractivity contribution in [2.45, 2.75) is 38.1 Å². The highest BCUT2D eigenvalue weighted by molar-refractivity contribution is 5.55. The van der Waals surface area contributed by atoms with E-state index in [9.17, 15) is 0 Å². The van der Waals surface area contributed by atoms with Gasteiger partial charge in [0.2, 0.25) is 0 Å². The third-order valence-electron chi connectivity index (χ3n) is 4.78. The highest BCUT2D eigenvalue weighted by Gasteiger charge is 2.18. The van der Waals surface area contributed by atoms with E-state index in [1.54, 1.807) is 0 Å². The van der Waals surface area contributed by atoms with E-state index in [-0.39, 0.29) is 0 Å². The summed E-state index contributed by atoms with van der Waals surface area (Å²) >= 11 is 0. The van der Waals surface area contributed by atoms with E-state index in [1.165, 1.54) is 37.1 Å². The average molecular weight is 285 g/mol. The van der Waals surface area contributed by atoms with Crippen LogP contribution < -0.4 is 16.0 Å². The quantitative estimate of drug-likeness (QED) is 0.833. The van der Waals surface area contributed by atoms with Gasteiger partial charge in [0.15, 0.2) is 0 Å². The maximum atomic E-state index is 5.96. The Hall–Kier alpha value is -1.48. The Balaban J connectivity index is 1.49. The second-order valence-electron chi connectivity index (χ2n) is 6.41. The number of nitrogens with two attached hydrogens (primary N) is 1. The Morgan fingerprint density at radius 2 is 1.81 bits per heavy atom. The van der Waals surface area contributed by atoms with Crippen LogP contribution in [0.25, 0.3) is 0 Å². The Morgan fingerprint density at radius 3 is 2.48 bits per heavy atom. The molecule has 1 aromatic carbocycles. The molecule has 1 fully saturated rings. The molecule has 3 N–H and O–H groups in total. The molecule has 1 aromatic rings. The van der Waals surface area contributed by atoms with Crippen LogP contribution in [0.5, 0.6) is 0 Å². The van der Waals surface area contributed by atoms with Crippen molar-refractivity contribution in [1.29, 1.82) is 0 Å². The molecule has 1 saturated carbocycles. The Bertz CT molecular complexity index is 458. The molecule has 0 saturated heterocycles. The van der Waals surface area contributed by atoms with Gasteiger partial charge < -0.3 is 16.0 Å². The lowest BCUT2D eigenvalue weighted by atomic mass is 9.86. The molecule has 1 heterocycles. The average Bonchev–Trinajstić information content (AvgIpc) is 2.56. The van der Waals surface area contributed by atoms with Crippen LogP contribution in [-0.4, -0.2) is 25.7 Å². The summed E-state index contributed by atoms with van der Waals surface area (Å²) in [6.07, 6.45) is 10.6. The first-order valence-corrected chi connectivity index (χ1v) is 8.31. The van der Waals surface area contributed by atoms with Crippen molar-refractivity contribution < 1.29 is 0 Å². The molecule has 114 valence electrons. The number of nitrogens with zero attached hydrogens (tertiary/aromatic N) is 1. The Morgan fingerprint density at radius 1 is 1.05 bits per heavy atom. The number of anilines is 2. The van der Waals surface area contributed by atoms with Gasteiger partial charge in [0.05, 0.1) is 0 Å². The molecule has 0 bridgehead atoms. The van der Waals surface area contributed by atoms with Gasteiger partial charge in [0, 0.05) is 37.1 Å². The van der Waals surface area contributed by atoms with Crippen molar-refractivity contribution in [2.75, 3.05) is 29.9 Å². The summed E-state index contributed by atoms with van der Waals surface area (Å²) in [6, 6.07) is 9.33. The van der Waals surface area contributed by atoms with Gasteiger partial charge in [-0.3, -0.25) is 0 Å². The van der Waals surface area contributed by atoms with Crippen LogP contribution in [0.3, 0.4) is 0 Å². The zero-order chi connectivity index (χ0) is 14.5. The van der Waals surface area contributed by atoms with E-state index >= 15 is 0 Å². The molecule has 3 rings (SSSR count). The minimum absolute atomic E-state index is 0.444. The van der Waals surface area contributed by atoms with E-state index in [2.05, 4.69) is 46.6 Å². The smallest absolute Gasteiger partial charge is 0.0370 e. The van der Waals surface area contributed by atoms with Gasteiger partial charge in [0.25, 0.3) is 0 Å². The standard InChI is InChI=1S/C18H27N3/c19-16-6-4-15(5-7-16)14-20-17-8-10-18(11-9-17)21-12-2-1-3-13-21/h1-2,8-11,15-16,20H,3-7,12-14,19H2/t15-,16-. The van der Waals surface area contributed by atoms with E-state index in [0.717, 1.165) is 32.0 Å². The van der Waals surface area contributed by atoms with E-state index < -0.39 is 0 Å². The van der Waals surface area contributed by atoms with Crippen LogP contribution in [-0.2, 0) is 0 Å². The predicted molar refractivity (Wildman–Crippen MR) is 90.8 cm³/mol. The topological polar surface area (TPSA) is 41.3 Å². The summed E-state index contributed by atoms with van der Waals surface area (Å²) in [7, 11) is 0. The minimum Gasteiger partial charge on any atom is -0.385 e. The minimum atomic E-state index is 0.444. The fourth-order valence-corrected chi connectivity index (χ4v) is 3.32. The third kappa shape index (κ3) is 4.01. The van der Waals surface area contributed by atoms with Crippen LogP contribution in [0.4, 0.5) is 11.4 Å². The lowest BCUT2D eigenvalue weighted by molar-refractivity contribution is 0.339. The second-order valence-corrected chi connectivity index (χ2v) is 6.41. The zero-order valence-electron chi connectivity index (χ0n) is 12.8. The Labute approximate surface area is 128 Å². The van der Waals surface area contributed by atoms with Crippen molar-refractivity contribution in [3.8, 4) is 0 Å². The summed E-state index contributed by atoms with van der Waals surface area (Å²) < 4.78 is 0. The number of nitrogens with one attached hydrogen (secondary N) is 1. The van der Waals surface area contributed by atoms with E-state index in [4.69, 9.17) is 5.73 Å². The Kier molecular flexibility index (Phi) is 4.81. The first-order chi connectivity index (χ1) is 10.3. The normalized spacial score (nSPS) is 25.9. The van der Waals surface area contributed by atoms with E-state index in [0.29, 0.717) is 6.04 Å². The molecule has 0 aromatic heterocycles. The molecule has 0 atom stereocenters. The van der Waals surface area contributed by atoms with Crippen molar-refractivity contribution in [3.63, 3.8) is 0 Å². The molecule has 0 amide bonds. The third-order valence-corrected chi connectivity index (χ3v) is 4.78. The highest BCUT2D eigenvalue weighted by atomic mass is 15.1. The largest absolute Gasteiger partial charge is 0.385 e. The van der Waals surface area contributed by atoms with Gasteiger partial charge in [-0.2, -0.15) is 0 Å². The molecule has 0 unspecified atom stereocenters. The first kappa shape index (κ1) is 14.5. The molecule has 2 aliphatic rings. The van der Waals surface area contributed by atoms with Crippen molar-refractivity contribution in [2.24, 2.45) is 11.7 Å². The lowest BCUT2D eigenvalue weighted by Gasteiger charge is -2.27. The van der Waals surface area contributed by atoms with Gasteiger partial charge in [-0.05, 0) is 62.3 Å². The molecule has 1 aliphatic heterocycles. The summed E-state index contributed by atoms with van der Waals surface area (Å²) in [5, 5.41) is 3.59. The molecular weight excluding hydrogens is 258 g/mol. The SMILES string of the molecule is N[C@H]1CC[C@H](CNc2ccc(N3CC=CCC3)cc2)CC1. The monoisotopic (exact) mass is 285 g/mol. The molecule has 0 spiro atoms. The number of hydrogen-bond acceptors (Lipinski definition) is 3. The summed E-state index contributed by atoms with van der Waals surface area (Å²) in [5.41, 5.74) is 8.53. The molecule has 0 radical (unpaired) electrons. The van der Waals surface area contributed by atoms with E-state index in [1.807, 2.05) is 0 Å². The van der Waals surface area contributed by atoms with Crippen LogP contribution >= 0.6 is 0 Å². The number of hydrogen-bond donors (Lipinski definition) is 2. The van der Waals surface area contributed by atoms with Gasteiger partial charge in [-0.1, -0.05) is 12.2 Å². The molecule has 1 aliphatic carbocycles. The lowest BCUT2D eigenvalue weighted by Crippen LogP contribution is -2.29. The summed E-state index contributed by atoms with van der Waals surface area (Å²) in [5.74, 6) is 0.789. The van der Waals surface area contributed by atoms with Gasteiger partial charge in [-0.15, -0.1) is 0 Å². The predicted octanol–water partition coefficient (Wildman–Crippen LogP) is 3.38. The van der Waals surface area contributed by atoms with Gasteiger partial charge in [0.1, 0.15) is 0 Å². The highest BCUT2D eigenvalue weighted by Crippen LogP contribution is 2.24. The van der Waals surface area contributed by atoms with Gasteiger partial charge >= 0.3 is 0 Å². The summed E-state index contributed by atoms with van der Waals surface area (Å²) in [6.45, 7) is 3.25. The maximum absolute atomic E-state index is 5.96. The van der Waals surface area contributed by atoms with Crippen LogP contribution in [0.2, 0.25) is 0 Å². The van der Waals surface area contributed by atoms with Crippen LogP contribution in [0, 0.1) is 5.92 Å². The fourth-order valence-electron chi connectivity index (χ4n) is 3.32. The summed E-state index contributed by atoms with van der Waals surface area (Å²) in [4.78, 5) is 2.42. The van der Waals surface area contributed by atoms with Crippen LogP contribution in [0.1, 0.15) is 32.1 Å². The zero-order valence-corrected chi connectivity index (χ0v) is 12.8. The van der Waals surface area contributed by atoms with Gasteiger partial charge in [-0.25, -0.2) is 0 Å². The van der Waals surface area contributed by atoms with Crippen molar-refractivity contribution >= 4 is 11.4 Å². The van der Waals surface area contributed by atoms with Crippen molar-refractivity contribution in [1.82, 2.24) is 0 Å². The molecule has 3 nitrogen and oxygen atoms in total. The maximum Gasteiger partial charge on any atom is 0.0370 e. The molecule has 3 heteroatoms. The first-order valence-electron chi connectivity index (χ1n) is 8.31. The fraction of sp³-hybridized carbons (Fsp3) is 0.556. The van der Waals surface area contributed by atoms with Crippen LogP contribution in [0.15, 0.2) is 36.4 Å².